The minimum atomic E-state index is -4.01. The van der Waals surface area contributed by atoms with Gasteiger partial charge in [0.05, 0.1) is 22.7 Å². The monoisotopic (exact) mass is 470 g/mol. The van der Waals surface area contributed by atoms with E-state index >= 15 is 0 Å². The summed E-state index contributed by atoms with van der Waals surface area (Å²) in [6.07, 6.45) is 2.93. The number of sulfonamides is 1. The van der Waals surface area contributed by atoms with Crippen molar-refractivity contribution in [2.45, 2.75) is 24.9 Å². The van der Waals surface area contributed by atoms with Crippen molar-refractivity contribution in [3.05, 3.63) is 118 Å². The van der Waals surface area contributed by atoms with Crippen LogP contribution >= 0.6 is 0 Å². The summed E-state index contributed by atoms with van der Waals surface area (Å²) in [7, 11) is -4.01. The second-order valence-corrected chi connectivity index (χ2v) is 10.1. The van der Waals surface area contributed by atoms with E-state index in [2.05, 4.69) is 4.98 Å². The van der Waals surface area contributed by atoms with Crippen molar-refractivity contribution in [3.8, 4) is 0 Å². The van der Waals surface area contributed by atoms with Crippen molar-refractivity contribution < 1.29 is 12.8 Å². The molecule has 5 aromatic rings. The van der Waals surface area contributed by atoms with Crippen molar-refractivity contribution in [1.29, 1.82) is 0 Å². The van der Waals surface area contributed by atoms with E-state index in [1.54, 1.807) is 36.5 Å². The SMILES string of the molecule is Cc1ccc2occ(CN(Cc3ccccc3)S(=O)(=O)c3cccc4cccnc34)c(=O)c2c1. The van der Waals surface area contributed by atoms with Gasteiger partial charge in [-0.05, 0) is 36.8 Å². The van der Waals surface area contributed by atoms with E-state index < -0.39 is 10.0 Å². The molecule has 0 aliphatic carbocycles. The molecule has 7 heteroatoms. The fourth-order valence-corrected chi connectivity index (χ4v) is 5.59. The Morgan fingerprint density at radius 1 is 0.912 bits per heavy atom. The highest BCUT2D eigenvalue weighted by Crippen LogP contribution is 2.27. The minimum Gasteiger partial charge on any atom is -0.464 e. The summed E-state index contributed by atoms with van der Waals surface area (Å²) in [4.78, 5) is 17.7. The molecule has 0 bridgehead atoms. The molecule has 0 aliphatic rings. The first-order valence-electron chi connectivity index (χ1n) is 10.8. The van der Waals surface area contributed by atoms with Crippen molar-refractivity contribution >= 4 is 31.9 Å². The summed E-state index contributed by atoms with van der Waals surface area (Å²) >= 11 is 0. The highest BCUT2D eigenvalue weighted by atomic mass is 32.2. The van der Waals surface area contributed by atoms with E-state index in [1.165, 1.54) is 10.6 Å². The zero-order valence-corrected chi connectivity index (χ0v) is 19.3. The fraction of sp³-hybridized carbons (Fsp3) is 0.111. The van der Waals surface area contributed by atoms with Crippen molar-refractivity contribution in [2.24, 2.45) is 0 Å². The number of fused-ring (bicyclic) bond motifs is 2. The quantitative estimate of drug-likeness (QED) is 0.347. The predicted octanol–water partition coefficient (Wildman–Crippen LogP) is 5.04. The van der Waals surface area contributed by atoms with Crippen LogP contribution in [0.1, 0.15) is 16.7 Å². The summed E-state index contributed by atoms with van der Waals surface area (Å²) in [5.41, 5.74) is 2.62. The van der Waals surface area contributed by atoms with Gasteiger partial charge in [-0.1, -0.05) is 60.2 Å². The molecule has 0 saturated heterocycles. The molecule has 0 unspecified atom stereocenters. The molecule has 0 amide bonds. The van der Waals surface area contributed by atoms with Gasteiger partial charge in [0.1, 0.15) is 10.5 Å². The molecular formula is C27H22N2O4S. The Hall–Kier alpha value is -3.81. The van der Waals surface area contributed by atoms with Crippen LogP contribution < -0.4 is 5.43 Å². The van der Waals surface area contributed by atoms with E-state index in [4.69, 9.17) is 4.42 Å². The zero-order valence-electron chi connectivity index (χ0n) is 18.5. The van der Waals surface area contributed by atoms with Crippen LogP contribution in [0.2, 0.25) is 0 Å². The smallest absolute Gasteiger partial charge is 0.245 e. The first kappa shape index (κ1) is 22.0. The van der Waals surface area contributed by atoms with Crippen LogP contribution in [-0.4, -0.2) is 17.7 Å². The second-order valence-electron chi connectivity index (χ2n) is 8.18. The third-order valence-electron chi connectivity index (χ3n) is 5.76. The molecule has 0 aliphatic heterocycles. The molecule has 0 spiro atoms. The van der Waals surface area contributed by atoms with Crippen LogP contribution in [0.4, 0.5) is 0 Å². The minimum absolute atomic E-state index is 0.0949. The Morgan fingerprint density at radius 3 is 2.53 bits per heavy atom. The zero-order chi connectivity index (χ0) is 23.7. The number of aromatic nitrogens is 1. The lowest BCUT2D eigenvalue weighted by atomic mass is 10.1. The van der Waals surface area contributed by atoms with Gasteiger partial charge in [0.25, 0.3) is 0 Å². The van der Waals surface area contributed by atoms with Gasteiger partial charge >= 0.3 is 0 Å². The number of para-hydroxylation sites is 1. The average molecular weight is 471 g/mol. The Bertz CT molecular complexity index is 1660. The maximum Gasteiger partial charge on any atom is 0.245 e. The lowest BCUT2D eigenvalue weighted by Crippen LogP contribution is -2.32. The second kappa shape index (κ2) is 8.85. The van der Waals surface area contributed by atoms with Crippen molar-refractivity contribution in [1.82, 2.24) is 9.29 Å². The normalized spacial score (nSPS) is 11.9. The van der Waals surface area contributed by atoms with Crippen LogP contribution in [0.25, 0.3) is 21.9 Å². The first-order chi connectivity index (χ1) is 16.4. The van der Waals surface area contributed by atoms with E-state index in [-0.39, 0.29) is 29.0 Å². The molecule has 0 saturated carbocycles. The first-order valence-corrected chi connectivity index (χ1v) is 12.3. The summed E-state index contributed by atoms with van der Waals surface area (Å²) < 4.78 is 34.9. The molecule has 2 aromatic heterocycles. The maximum absolute atomic E-state index is 13.9. The Balaban J connectivity index is 1.64. The fourth-order valence-electron chi connectivity index (χ4n) is 4.02. The van der Waals surface area contributed by atoms with Gasteiger partial charge in [0, 0.05) is 24.7 Å². The summed E-state index contributed by atoms with van der Waals surface area (Å²) in [5, 5.41) is 1.16. The number of rotatable bonds is 6. The Morgan fingerprint density at radius 2 is 1.71 bits per heavy atom. The van der Waals surface area contributed by atoms with Crippen molar-refractivity contribution in [2.75, 3.05) is 0 Å². The van der Waals surface area contributed by atoms with Crippen LogP contribution in [-0.2, 0) is 23.1 Å². The number of aryl methyl sites for hydroxylation is 1. The number of benzene rings is 3. The predicted molar refractivity (Wildman–Crippen MR) is 132 cm³/mol. The number of pyridine rings is 1. The number of hydrogen-bond donors (Lipinski definition) is 0. The lowest BCUT2D eigenvalue weighted by molar-refractivity contribution is 0.396. The van der Waals surface area contributed by atoms with E-state index in [0.717, 1.165) is 16.5 Å². The van der Waals surface area contributed by atoms with E-state index in [9.17, 15) is 13.2 Å². The summed E-state index contributed by atoms with van der Waals surface area (Å²) in [6.45, 7) is 1.86. The molecule has 170 valence electrons. The van der Waals surface area contributed by atoms with Crippen LogP contribution in [0.5, 0.6) is 0 Å². The Kier molecular flexibility index (Phi) is 5.73. The molecule has 6 nitrogen and oxygen atoms in total. The van der Waals surface area contributed by atoms with Gasteiger partial charge < -0.3 is 4.42 Å². The summed E-state index contributed by atoms with van der Waals surface area (Å²) in [5.74, 6) is 0. The molecule has 2 heterocycles. The standard InChI is InChI=1S/C27H22N2O4S/c1-19-12-13-24-23(15-19)27(30)22(18-33-24)17-29(16-20-7-3-2-4-8-20)34(31,32)25-11-5-9-21-10-6-14-28-26(21)25/h2-15,18H,16-17H2,1H3. The van der Waals surface area contributed by atoms with Gasteiger partial charge in [-0.3, -0.25) is 9.78 Å². The molecule has 0 radical (unpaired) electrons. The molecular weight excluding hydrogens is 448 g/mol. The third kappa shape index (κ3) is 4.11. The topological polar surface area (TPSA) is 80.5 Å². The molecule has 0 fully saturated rings. The summed E-state index contributed by atoms with van der Waals surface area (Å²) in [6, 6.07) is 23.3. The highest BCUT2D eigenvalue weighted by Gasteiger charge is 2.28. The maximum atomic E-state index is 13.9. The number of nitrogens with zero attached hydrogens (tertiary/aromatic N) is 2. The van der Waals surface area contributed by atoms with Gasteiger partial charge in [-0.25, -0.2) is 8.42 Å². The van der Waals surface area contributed by atoms with Crippen LogP contribution in [0.15, 0.2) is 105 Å². The largest absolute Gasteiger partial charge is 0.464 e. The number of hydrogen-bond acceptors (Lipinski definition) is 5. The van der Waals surface area contributed by atoms with Crippen LogP contribution in [0.3, 0.4) is 0 Å². The molecule has 34 heavy (non-hydrogen) atoms. The van der Waals surface area contributed by atoms with E-state index in [1.807, 2.05) is 55.5 Å². The average Bonchev–Trinajstić information content (AvgIpc) is 2.85. The van der Waals surface area contributed by atoms with Gasteiger partial charge in [0.2, 0.25) is 10.0 Å². The van der Waals surface area contributed by atoms with Crippen LogP contribution in [0, 0.1) is 6.92 Å². The van der Waals surface area contributed by atoms with Gasteiger partial charge in [0.15, 0.2) is 5.43 Å². The lowest BCUT2D eigenvalue weighted by Gasteiger charge is -2.23. The van der Waals surface area contributed by atoms with Gasteiger partial charge in [-0.15, -0.1) is 0 Å². The molecule has 0 N–H and O–H groups in total. The van der Waals surface area contributed by atoms with E-state index in [0.29, 0.717) is 16.5 Å². The highest BCUT2D eigenvalue weighted by molar-refractivity contribution is 7.89. The molecule has 3 aromatic carbocycles. The molecule has 0 atom stereocenters. The van der Waals surface area contributed by atoms with Gasteiger partial charge in [-0.2, -0.15) is 4.31 Å². The Labute approximate surface area is 197 Å². The third-order valence-corrected chi connectivity index (χ3v) is 7.58. The van der Waals surface area contributed by atoms with Crippen molar-refractivity contribution in [3.63, 3.8) is 0 Å². The molecule has 5 rings (SSSR count).